The van der Waals surface area contributed by atoms with Crippen LogP contribution in [0.25, 0.3) is 11.1 Å². The lowest BCUT2D eigenvalue weighted by Crippen LogP contribution is -2.49. The van der Waals surface area contributed by atoms with Crippen molar-refractivity contribution in [1.29, 1.82) is 0 Å². The van der Waals surface area contributed by atoms with E-state index < -0.39 is 47.6 Å². The summed E-state index contributed by atoms with van der Waals surface area (Å²) in [6, 6.07) is 20.0. The second-order valence-electron chi connectivity index (χ2n) is 13.9. The number of alkyl carbamates (subject to hydrolysis) is 1. The van der Waals surface area contributed by atoms with E-state index >= 15 is 0 Å². The van der Waals surface area contributed by atoms with Crippen LogP contribution >= 0.6 is 11.6 Å². The molecule has 1 aliphatic rings. The van der Waals surface area contributed by atoms with Crippen LogP contribution in [0, 0.1) is 11.8 Å². The minimum absolute atomic E-state index is 0.0616. The summed E-state index contributed by atoms with van der Waals surface area (Å²) >= 11 is 6.35. The topological polar surface area (TPSA) is 129 Å². The highest BCUT2D eigenvalue weighted by atomic mass is 35.5. The lowest BCUT2D eigenvalue weighted by atomic mass is 9.98. The van der Waals surface area contributed by atoms with Crippen molar-refractivity contribution in [3.63, 3.8) is 0 Å². The molecule has 0 heterocycles. The average Bonchev–Trinajstić information content (AvgIpc) is 3.38. The van der Waals surface area contributed by atoms with Gasteiger partial charge < -0.3 is 29.6 Å². The minimum atomic E-state index is -1.08. The van der Waals surface area contributed by atoms with Gasteiger partial charge in [0.15, 0.2) is 6.10 Å². The molecule has 0 spiro atoms. The highest BCUT2D eigenvalue weighted by Crippen LogP contribution is 2.44. The summed E-state index contributed by atoms with van der Waals surface area (Å²) in [6.07, 6.45) is -1.49. The Kier molecular flexibility index (Phi) is 12.9. The van der Waals surface area contributed by atoms with Crippen molar-refractivity contribution in [2.24, 2.45) is 11.8 Å². The lowest BCUT2D eigenvalue weighted by Gasteiger charge is -2.26. The Balaban J connectivity index is 1.43. The second-order valence-corrected chi connectivity index (χ2v) is 14.3. The Morgan fingerprint density at radius 1 is 0.880 bits per heavy atom. The van der Waals surface area contributed by atoms with Crippen LogP contribution in [-0.4, -0.2) is 61.9 Å². The summed E-state index contributed by atoms with van der Waals surface area (Å²) < 4.78 is 22.0. The highest BCUT2D eigenvalue weighted by molar-refractivity contribution is 6.32. The maximum atomic E-state index is 13.6. The van der Waals surface area contributed by atoms with Crippen LogP contribution in [0.1, 0.15) is 70.6 Å². The number of rotatable bonds is 14. The third-order valence-electron chi connectivity index (χ3n) is 8.21. The molecule has 2 amide bonds. The number of esters is 2. The molecule has 2 N–H and O–H groups in total. The summed E-state index contributed by atoms with van der Waals surface area (Å²) in [5.41, 5.74) is 4.23. The van der Waals surface area contributed by atoms with E-state index in [9.17, 15) is 19.2 Å². The molecule has 268 valence electrons. The van der Waals surface area contributed by atoms with Crippen molar-refractivity contribution in [3.8, 4) is 16.9 Å². The first-order valence-corrected chi connectivity index (χ1v) is 17.2. The Hall–Kier alpha value is -4.57. The number of amides is 2. The summed E-state index contributed by atoms with van der Waals surface area (Å²) in [5, 5.41) is 5.80. The van der Waals surface area contributed by atoms with Crippen molar-refractivity contribution < 1.29 is 38.1 Å². The molecule has 1 aliphatic carbocycles. The lowest BCUT2D eigenvalue weighted by molar-refractivity contribution is -0.178. The van der Waals surface area contributed by atoms with Gasteiger partial charge in [0.1, 0.15) is 24.0 Å². The fraction of sp³-hybridized carbons (Fsp3) is 0.436. The molecular weight excluding hydrogens is 660 g/mol. The van der Waals surface area contributed by atoms with Crippen LogP contribution in [0.5, 0.6) is 5.75 Å². The van der Waals surface area contributed by atoms with Gasteiger partial charge in [-0.2, -0.15) is 0 Å². The van der Waals surface area contributed by atoms with Crippen molar-refractivity contribution in [2.75, 3.05) is 20.3 Å². The number of carbonyl (C=O) groups excluding carboxylic acids is 4. The Bertz CT molecular complexity index is 1640. The van der Waals surface area contributed by atoms with Crippen LogP contribution < -0.4 is 15.4 Å². The normalized spacial score (nSPS) is 14.1. The standard InChI is InChI=1S/C39H47ClN2O8/c1-23(2)18-34(37(45)50-39(4,5)6)49-36(44)24(3)21-41-35(43)32(20-25-16-17-33(47-7)31(40)19-25)42-38(46)48-22-30-28-14-10-8-12-26(28)27-13-9-11-15-29(27)30/h8-17,19,23-24,30,32,34H,18,20-22H2,1-7H3,(H,41,43)(H,42,46)/t24-,32-,34+/m1/s1. The number of methoxy groups -OCH3 is 1. The molecule has 4 rings (SSSR count). The second kappa shape index (κ2) is 16.9. The van der Waals surface area contributed by atoms with Crippen LogP contribution in [-0.2, 0) is 35.0 Å². The molecule has 0 unspecified atom stereocenters. The maximum absolute atomic E-state index is 13.6. The first kappa shape index (κ1) is 38.2. The molecule has 0 aliphatic heterocycles. The third kappa shape index (κ3) is 10.2. The summed E-state index contributed by atoms with van der Waals surface area (Å²) in [4.78, 5) is 52.6. The molecule has 0 aromatic heterocycles. The van der Waals surface area contributed by atoms with Crippen LogP contribution in [0.2, 0.25) is 5.02 Å². The van der Waals surface area contributed by atoms with Crippen molar-refractivity contribution in [1.82, 2.24) is 10.6 Å². The Morgan fingerprint density at radius 3 is 2.06 bits per heavy atom. The smallest absolute Gasteiger partial charge is 0.407 e. The molecule has 10 nitrogen and oxygen atoms in total. The molecule has 3 aromatic rings. The van der Waals surface area contributed by atoms with Gasteiger partial charge in [-0.05, 0) is 73.1 Å². The van der Waals surface area contributed by atoms with Gasteiger partial charge in [0.2, 0.25) is 5.91 Å². The number of halogens is 1. The van der Waals surface area contributed by atoms with E-state index in [-0.39, 0.29) is 37.8 Å². The van der Waals surface area contributed by atoms with E-state index in [1.807, 2.05) is 62.4 Å². The van der Waals surface area contributed by atoms with E-state index in [0.717, 1.165) is 22.3 Å². The van der Waals surface area contributed by atoms with Gasteiger partial charge >= 0.3 is 18.0 Å². The maximum Gasteiger partial charge on any atom is 0.407 e. The first-order valence-electron chi connectivity index (χ1n) is 16.8. The molecule has 0 saturated heterocycles. The molecule has 0 saturated carbocycles. The van der Waals surface area contributed by atoms with Crippen molar-refractivity contribution in [2.45, 2.75) is 78.0 Å². The Labute approximate surface area is 299 Å². The fourth-order valence-electron chi connectivity index (χ4n) is 5.77. The SMILES string of the molecule is COc1ccc(C[C@@H](NC(=O)OCC2c3ccccc3-c3ccccc32)C(=O)NC[C@@H](C)C(=O)O[C@@H](CC(C)C)C(=O)OC(C)(C)C)cc1Cl. The van der Waals surface area contributed by atoms with E-state index in [1.165, 1.54) is 7.11 Å². The first-order chi connectivity index (χ1) is 23.7. The summed E-state index contributed by atoms with van der Waals surface area (Å²) in [6.45, 7) is 10.6. The predicted molar refractivity (Wildman–Crippen MR) is 191 cm³/mol. The quantitative estimate of drug-likeness (QED) is 0.138. The van der Waals surface area contributed by atoms with Crippen LogP contribution in [0.3, 0.4) is 0 Å². The van der Waals surface area contributed by atoms with E-state index in [2.05, 4.69) is 10.6 Å². The van der Waals surface area contributed by atoms with E-state index in [4.69, 9.17) is 30.5 Å². The number of fused-ring (bicyclic) bond motifs is 3. The molecule has 0 radical (unpaired) electrons. The van der Waals surface area contributed by atoms with Crippen molar-refractivity contribution in [3.05, 3.63) is 88.4 Å². The molecular formula is C39H47ClN2O8. The van der Waals surface area contributed by atoms with E-state index in [0.29, 0.717) is 16.3 Å². The fourth-order valence-corrected chi connectivity index (χ4v) is 6.05. The van der Waals surface area contributed by atoms with Gasteiger partial charge in [-0.3, -0.25) is 9.59 Å². The number of hydrogen-bond donors (Lipinski definition) is 2. The number of nitrogens with one attached hydrogen (secondary N) is 2. The molecule has 3 aromatic carbocycles. The van der Waals surface area contributed by atoms with Gasteiger partial charge in [0, 0.05) is 18.9 Å². The Morgan fingerprint density at radius 2 is 1.50 bits per heavy atom. The van der Waals surface area contributed by atoms with Crippen LogP contribution in [0.4, 0.5) is 4.79 Å². The predicted octanol–water partition coefficient (Wildman–Crippen LogP) is 6.85. The van der Waals surface area contributed by atoms with Gasteiger partial charge in [-0.25, -0.2) is 9.59 Å². The number of hydrogen-bond acceptors (Lipinski definition) is 8. The highest BCUT2D eigenvalue weighted by Gasteiger charge is 2.32. The average molecular weight is 707 g/mol. The zero-order chi connectivity index (χ0) is 36.6. The zero-order valence-electron chi connectivity index (χ0n) is 29.7. The molecule has 0 fully saturated rings. The molecule has 50 heavy (non-hydrogen) atoms. The number of carbonyl (C=O) groups is 4. The minimum Gasteiger partial charge on any atom is -0.495 e. The third-order valence-corrected chi connectivity index (χ3v) is 8.50. The summed E-state index contributed by atoms with van der Waals surface area (Å²) in [7, 11) is 1.50. The zero-order valence-corrected chi connectivity index (χ0v) is 30.5. The van der Waals surface area contributed by atoms with Gasteiger partial charge in [0.25, 0.3) is 0 Å². The van der Waals surface area contributed by atoms with Gasteiger partial charge in [0.05, 0.1) is 18.1 Å². The van der Waals surface area contributed by atoms with Crippen LogP contribution in [0.15, 0.2) is 66.7 Å². The molecule has 0 bridgehead atoms. The monoisotopic (exact) mass is 706 g/mol. The summed E-state index contributed by atoms with van der Waals surface area (Å²) in [5.74, 6) is -2.27. The van der Waals surface area contributed by atoms with E-state index in [1.54, 1.807) is 45.9 Å². The number of ether oxygens (including phenoxy) is 4. The number of benzene rings is 3. The largest absolute Gasteiger partial charge is 0.495 e. The van der Waals surface area contributed by atoms with Gasteiger partial charge in [-0.15, -0.1) is 0 Å². The van der Waals surface area contributed by atoms with Gasteiger partial charge in [-0.1, -0.05) is 87.0 Å². The molecule has 3 atom stereocenters. The molecule has 11 heteroatoms. The van der Waals surface area contributed by atoms with Crippen molar-refractivity contribution >= 4 is 35.5 Å².